The number of piperidine rings is 1. The van der Waals surface area contributed by atoms with Crippen molar-refractivity contribution < 1.29 is 0 Å². The lowest BCUT2D eigenvalue weighted by atomic mass is 9.74. The number of aromatic nitrogens is 2. The van der Waals surface area contributed by atoms with Gasteiger partial charge in [0.05, 0.1) is 5.69 Å². The molecule has 5 nitrogen and oxygen atoms in total. The number of rotatable bonds is 2. The maximum Gasteiger partial charge on any atom is 0.193 e. The third kappa shape index (κ3) is 4.73. The van der Waals surface area contributed by atoms with Crippen molar-refractivity contribution in [2.75, 3.05) is 20.1 Å². The van der Waals surface area contributed by atoms with Crippen LogP contribution in [-0.4, -0.2) is 40.8 Å². The Kier molecular flexibility index (Phi) is 7.79. The van der Waals surface area contributed by atoms with Crippen LogP contribution in [0.1, 0.15) is 68.3 Å². The van der Waals surface area contributed by atoms with E-state index >= 15 is 0 Å². The SMILES string of the molecule is CN=C(NCc1c(C)nn(C)c1C)N1CCCC2(CCCCCC2)C1.I. The second-order valence-electron chi connectivity index (χ2n) is 8.11. The zero-order valence-electron chi connectivity index (χ0n) is 17.0. The van der Waals surface area contributed by atoms with Gasteiger partial charge in [-0.3, -0.25) is 9.67 Å². The Morgan fingerprint density at radius 1 is 1.12 bits per heavy atom. The van der Waals surface area contributed by atoms with Crippen LogP contribution >= 0.6 is 24.0 Å². The van der Waals surface area contributed by atoms with Crippen LogP contribution in [0.2, 0.25) is 0 Å². The van der Waals surface area contributed by atoms with Gasteiger partial charge < -0.3 is 10.2 Å². The monoisotopic (exact) mass is 473 g/mol. The molecule has 1 aromatic heterocycles. The van der Waals surface area contributed by atoms with Gasteiger partial charge in [0.25, 0.3) is 0 Å². The van der Waals surface area contributed by atoms with Gasteiger partial charge in [-0.15, -0.1) is 24.0 Å². The number of nitrogens with one attached hydrogen (secondary N) is 1. The summed E-state index contributed by atoms with van der Waals surface area (Å²) in [6, 6.07) is 0. The highest BCUT2D eigenvalue weighted by Gasteiger charge is 2.36. The molecule has 0 radical (unpaired) electrons. The van der Waals surface area contributed by atoms with E-state index in [-0.39, 0.29) is 24.0 Å². The summed E-state index contributed by atoms with van der Waals surface area (Å²) in [6.45, 7) is 7.35. The number of nitrogens with zero attached hydrogens (tertiary/aromatic N) is 4. The van der Waals surface area contributed by atoms with Crippen molar-refractivity contribution in [1.29, 1.82) is 0 Å². The highest BCUT2D eigenvalue weighted by Crippen LogP contribution is 2.42. The number of hydrogen-bond donors (Lipinski definition) is 1. The summed E-state index contributed by atoms with van der Waals surface area (Å²) in [5, 5.41) is 8.14. The van der Waals surface area contributed by atoms with Crippen molar-refractivity contribution in [3.63, 3.8) is 0 Å². The van der Waals surface area contributed by atoms with E-state index in [0.29, 0.717) is 5.41 Å². The first-order valence-corrected chi connectivity index (χ1v) is 9.99. The van der Waals surface area contributed by atoms with E-state index < -0.39 is 0 Å². The summed E-state index contributed by atoms with van der Waals surface area (Å²) < 4.78 is 1.97. The molecule has 0 bridgehead atoms. The summed E-state index contributed by atoms with van der Waals surface area (Å²) in [5.41, 5.74) is 4.18. The van der Waals surface area contributed by atoms with Gasteiger partial charge in [0.15, 0.2) is 5.96 Å². The molecule has 2 heterocycles. The summed E-state index contributed by atoms with van der Waals surface area (Å²) in [4.78, 5) is 7.11. The van der Waals surface area contributed by atoms with E-state index in [1.165, 1.54) is 69.2 Å². The third-order valence-corrected chi connectivity index (χ3v) is 6.42. The summed E-state index contributed by atoms with van der Waals surface area (Å²) in [7, 11) is 3.93. The lowest BCUT2D eigenvalue weighted by Gasteiger charge is -2.44. The molecule has 0 unspecified atom stereocenters. The maximum atomic E-state index is 4.60. The quantitative estimate of drug-likeness (QED) is 0.399. The fourth-order valence-electron chi connectivity index (χ4n) is 4.85. The smallest absolute Gasteiger partial charge is 0.193 e. The molecule has 3 rings (SSSR count). The molecule has 1 spiro atoms. The Bertz CT molecular complexity index is 614. The molecule has 1 saturated carbocycles. The fourth-order valence-corrected chi connectivity index (χ4v) is 4.85. The van der Waals surface area contributed by atoms with E-state index in [2.05, 4.69) is 34.2 Å². The lowest BCUT2D eigenvalue weighted by molar-refractivity contribution is 0.115. The van der Waals surface area contributed by atoms with Gasteiger partial charge in [0, 0.05) is 45.0 Å². The Morgan fingerprint density at radius 2 is 1.77 bits per heavy atom. The lowest BCUT2D eigenvalue weighted by Crippen LogP contribution is -2.50. The van der Waals surface area contributed by atoms with E-state index in [9.17, 15) is 0 Å². The number of aliphatic imine (C=N–C) groups is 1. The topological polar surface area (TPSA) is 45.5 Å². The average Bonchev–Trinajstić information content (AvgIpc) is 2.77. The van der Waals surface area contributed by atoms with Gasteiger partial charge in [0.2, 0.25) is 0 Å². The van der Waals surface area contributed by atoms with Crippen LogP contribution in [0.15, 0.2) is 4.99 Å². The first-order valence-electron chi connectivity index (χ1n) is 9.99. The minimum absolute atomic E-state index is 0. The van der Waals surface area contributed by atoms with E-state index in [0.717, 1.165) is 24.7 Å². The Hall–Kier alpha value is -0.790. The molecular weight excluding hydrogens is 437 g/mol. The molecule has 0 amide bonds. The number of likely N-dealkylation sites (tertiary alicyclic amines) is 1. The van der Waals surface area contributed by atoms with Crippen LogP contribution in [-0.2, 0) is 13.6 Å². The first kappa shape index (κ1) is 21.5. The van der Waals surface area contributed by atoms with Crippen molar-refractivity contribution in [2.24, 2.45) is 17.5 Å². The second kappa shape index (κ2) is 9.42. The predicted molar refractivity (Wildman–Crippen MR) is 119 cm³/mol. The number of aryl methyl sites for hydroxylation is 2. The van der Waals surface area contributed by atoms with E-state index in [1.54, 1.807) is 0 Å². The molecule has 6 heteroatoms. The number of guanidine groups is 1. The molecule has 1 aromatic rings. The highest BCUT2D eigenvalue weighted by atomic mass is 127. The molecule has 0 aromatic carbocycles. The summed E-state index contributed by atoms with van der Waals surface area (Å²) >= 11 is 0. The summed E-state index contributed by atoms with van der Waals surface area (Å²) in [5.74, 6) is 1.06. The van der Waals surface area contributed by atoms with Crippen LogP contribution in [0.4, 0.5) is 0 Å². The van der Waals surface area contributed by atoms with Gasteiger partial charge >= 0.3 is 0 Å². The molecule has 148 valence electrons. The van der Waals surface area contributed by atoms with Crippen molar-refractivity contribution in [3.05, 3.63) is 17.0 Å². The standard InChI is InChI=1S/C20H35N5.HI/c1-16-18(17(2)24(4)23-16)14-22-19(21-3)25-13-9-12-20(15-25)10-7-5-6-8-11-20;/h5-15H2,1-4H3,(H,21,22);1H. The first-order chi connectivity index (χ1) is 12.0. The average molecular weight is 473 g/mol. The minimum atomic E-state index is 0. The normalized spacial score (nSPS) is 20.6. The molecule has 0 atom stereocenters. The molecule has 1 N–H and O–H groups in total. The molecular formula is C20H36IN5. The third-order valence-electron chi connectivity index (χ3n) is 6.42. The molecule has 1 aliphatic heterocycles. The van der Waals surface area contributed by atoms with E-state index in [4.69, 9.17) is 0 Å². The van der Waals surface area contributed by atoms with Crippen LogP contribution in [0.3, 0.4) is 0 Å². The van der Waals surface area contributed by atoms with Crippen LogP contribution in [0, 0.1) is 19.3 Å². The maximum absolute atomic E-state index is 4.60. The van der Waals surface area contributed by atoms with Gasteiger partial charge in [-0.25, -0.2) is 0 Å². The number of hydrogen-bond acceptors (Lipinski definition) is 2. The second-order valence-corrected chi connectivity index (χ2v) is 8.11. The Balaban J connectivity index is 0.00000243. The predicted octanol–water partition coefficient (Wildman–Crippen LogP) is 4.17. The van der Waals surface area contributed by atoms with E-state index in [1.807, 2.05) is 18.8 Å². The highest BCUT2D eigenvalue weighted by molar-refractivity contribution is 14.0. The molecule has 2 fully saturated rings. The van der Waals surface area contributed by atoms with Crippen LogP contribution in [0.25, 0.3) is 0 Å². The zero-order valence-corrected chi connectivity index (χ0v) is 19.3. The van der Waals surface area contributed by atoms with Crippen molar-refractivity contribution in [2.45, 2.75) is 71.8 Å². The number of halogens is 1. The zero-order chi connectivity index (χ0) is 17.9. The van der Waals surface area contributed by atoms with Gasteiger partial charge in [-0.2, -0.15) is 5.10 Å². The van der Waals surface area contributed by atoms with Crippen molar-refractivity contribution >= 4 is 29.9 Å². The molecule has 1 saturated heterocycles. The largest absolute Gasteiger partial charge is 0.352 e. The van der Waals surface area contributed by atoms with Gasteiger partial charge in [-0.05, 0) is 44.9 Å². The minimum Gasteiger partial charge on any atom is -0.352 e. The van der Waals surface area contributed by atoms with Crippen LogP contribution in [0.5, 0.6) is 0 Å². The molecule has 1 aliphatic carbocycles. The van der Waals surface area contributed by atoms with Crippen molar-refractivity contribution in [1.82, 2.24) is 20.0 Å². The Labute approximate surface area is 176 Å². The van der Waals surface area contributed by atoms with Gasteiger partial charge in [-0.1, -0.05) is 25.7 Å². The van der Waals surface area contributed by atoms with Crippen molar-refractivity contribution in [3.8, 4) is 0 Å². The van der Waals surface area contributed by atoms with Gasteiger partial charge in [0.1, 0.15) is 0 Å². The van der Waals surface area contributed by atoms with Crippen LogP contribution < -0.4 is 5.32 Å². The Morgan fingerprint density at radius 3 is 2.35 bits per heavy atom. The fraction of sp³-hybridized carbons (Fsp3) is 0.800. The molecule has 26 heavy (non-hydrogen) atoms. The summed E-state index contributed by atoms with van der Waals surface area (Å²) in [6.07, 6.45) is 11.2. The molecule has 2 aliphatic rings.